The van der Waals surface area contributed by atoms with Crippen molar-refractivity contribution in [3.63, 3.8) is 0 Å². The van der Waals surface area contributed by atoms with Gasteiger partial charge in [0.15, 0.2) is 27.2 Å². The highest BCUT2D eigenvalue weighted by atomic mass is 32.2. The van der Waals surface area contributed by atoms with Gasteiger partial charge >= 0.3 is 0 Å². The lowest BCUT2D eigenvalue weighted by molar-refractivity contribution is -0.162. The Labute approximate surface area is 249 Å². The van der Waals surface area contributed by atoms with Crippen LogP contribution in [0.15, 0.2) is 100 Å². The molecule has 1 fully saturated rings. The van der Waals surface area contributed by atoms with E-state index in [0.29, 0.717) is 5.56 Å². The highest BCUT2D eigenvalue weighted by Gasteiger charge is 2.74. The van der Waals surface area contributed by atoms with Crippen LogP contribution in [-0.4, -0.2) is 38.1 Å². The number of allylic oxidation sites excluding steroid dienone is 6. The van der Waals surface area contributed by atoms with E-state index in [4.69, 9.17) is 4.74 Å². The van der Waals surface area contributed by atoms with E-state index in [-0.39, 0.29) is 41.3 Å². The first-order valence-electron chi connectivity index (χ1n) is 14.2. The number of carbonyl (C=O) groups is 3. The second-order valence-electron chi connectivity index (χ2n) is 12.5. The molecule has 2 aromatic carbocycles. The molecule has 6 nitrogen and oxygen atoms in total. The summed E-state index contributed by atoms with van der Waals surface area (Å²) in [6.45, 7) is 11.0. The van der Waals surface area contributed by atoms with Crippen molar-refractivity contribution in [2.24, 2.45) is 16.2 Å². The van der Waals surface area contributed by atoms with Gasteiger partial charge in [-0.2, -0.15) is 0 Å². The number of Topliss-reactive ketones (excluding diaryl/α,β-unsaturated/α-hetero) is 3. The van der Waals surface area contributed by atoms with Crippen LogP contribution in [0.2, 0.25) is 0 Å². The quantitative estimate of drug-likeness (QED) is 0.137. The fraction of sp³-hybridized carbons (Fsp3) is 0.400. The molecule has 4 rings (SSSR count). The number of benzene rings is 2. The smallest absolute Gasteiger partial charge is 0.200 e. The third kappa shape index (κ3) is 4.72. The van der Waals surface area contributed by atoms with Crippen LogP contribution in [0.1, 0.15) is 71.2 Å². The van der Waals surface area contributed by atoms with Crippen LogP contribution in [0.25, 0.3) is 0 Å². The lowest BCUT2D eigenvalue weighted by Gasteiger charge is -2.60. The van der Waals surface area contributed by atoms with E-state index < -0.39 is 42.9 Å². The number of ketones is 3. The number of rotatable bonds is 9. The van der Waals surface area contributed by atoms with Crippen molar-refractivity contribution < 1.29 is 27.5 Å². The number of carbonyl (C=O) groups excluding carboxylic acids is 3. The number of hydrogen-bond donors (Lipinski definition) is 0. The molecule has 2 bridgehead atoms. The maximum Gasteiger partial charge on any atom is 0.200 e. The lowest BCUT2D eigenvalue weighted by Crippen LogP contribution is -2.69. The van der Waals surface area contributed by atoms with Crippen molar-refractivity contribution in [1.29, 1.82) is 0 Å². The molecule has 0 heterocycles. The molecule has 1 saturated carbocycles. The normalized spacial score (nSPS) is 25.1. The first-order chi connectivity index (χ1) is 19.7. The van der Waals surface area contributed by atoms with Gasteiger partial charge in [0.1, 0.15) is 11.3 Å². The lowest BCUT2D eigenvalue weighted by atomic mass is 9.43. The molecule has 2 aliphatic carbocycles. The van der Waals surface area contributed by atoms with E-state index in [2.05, 4.69) is 0 Å². The third-order valence-electron chi connectivity index (χ3n) is 9.13. The zero-order valence-corrected chi connectivity index (χ0v) is 26.3. The van der Waals surface area contributed by atoms with Gasteiger partial charge in [0, 0.05) is 11.0 Å². The number of fused-ring (bicyclic) bond motifs is 2. The number of hydrogen-bond acceptors (Lipinski definition) is 6. The molecule has 0 N–H and O–H groups in total. The Kier molecular flexibility index (Phi) is 8.40. The van der Waals surface area contributed by atoms with Crippen LogP contribution >= 0.6 is 0 Å². The summed E-state index contributed by atoms with van der Waals surface area (Å²) >= 11 is 0. The van der Waals surface area contributed by atoms with Crippen LogP contribution in [0, 0.1) is 16.2 Å². The summed E-state index contributed by atoms with van der Waals surface area (Å²) < 4.78 is 34.9. The Morgan fingerprint density at radius 3 is 1.93 bits per heavy atom. The van der Waals surface area contributed by atoms with Gasteiger partial charge in [0.2, 0.25) is 0 Å². The molecule has 0 saturated heterocycles. The van der Waals surface area contributed by atoms with Crippen molar-refractivity contribution in [1.82, 2.24) is 0 Å². The van der Waals surface area contributed by atoms with Gasteiger partial charge in [-0.1, -0.05) is 85.7 Å². The van der Waals surface area contributed by atoms with Crippen molar-refractivity contribution in [3.8, 4) is 0 Å². The van der Waals surface area contributed by atoms with Gasteiger partial charge in [-0.05, 0) is 59.1 Å². The SMILES string of the molecule is COC1=C(C(=O)c2ccccc2)C(=O)C2(CC=C(C)C)CC(S(=O)(=O)c3ccccc3)C(C)(C)C1(CC=C(C)C)C2=O. The molecule has 0 radical (unpaired) electrons. The molecular formula is C35H40O6S. The molecular weight excluding hydrogens is 548 g/mol. The molecule has 222 valence electrons. The number of ether oxygens (including phenoxy) is 1. The van der Waals surface area contributed by atoms with Crippen LogP contribution in [-0.2, 0) is 24.2 Å². The Bertz CT molecular complexity index is 1600. The van der Waals surface area contributed by atoms with Crippen LogP contribution in [0.4, 0.5) is 0 Å². The standard InChI is InChI=1S/C35H40O6S/c1-23(2)18-20-34-22-27(42(39,40)26-16-12-9-13-17-26)33(5,6)35(32(34)38,21-19-24(3)4)31(41-7)28(30(34)37)29(36)25-14-10-8-11-15-25/h8-19,27H,20-22H2,1-7H3. The van der Waals surface area contributed by atoms with Gasteiger partial charge in [0.25, 0.3) is 0 Å². The fourth-order valence-corrected chi connectivity index (χ4v) is 9.07. The predicted molar refractivity (Wildman–Crippen MR) is 164 cm³/mol. The fourth-order valence-electron chi connectivity index (χ4n) is 6.73. The molecule has 3 unspecified atom stereocenters. The van der Waals surface area contributed by atoms with E-state index >= 15 is 4.79 Å². The first kappa shape index (κ1) is 31.4. The maximum absolute atomic E-state index is 15.1. The summed E-state index contributed by atoms with van der Waals surface area (Å²) in [5, 5.41) is -1.12. The van der Waals surface area contributed by atoms with Crippen molar-refractivity contribution in [3.05, 3.63) is 101 Å². The largest absolute Gasteiger partial charge is 0.499 e. The minimum absolute atomic E-state index is 0.0109. The summed E-state index contributed by atoms with van der Waals surface area (Å²) in [4.78, 5) is 44.1. The maximum atomic E-state index is 15.1. The number of methoxy groups -OCH3 is 1. The van der Waals surface area contributed by atoms with Gasteiger partial charge in [-0.25, -0.2) is 8.42 Å². The highest BCUT2D eigenvalue weighted by molar-refractivity contribution is 7.92. The average molecular weight is 589 g/mol. The summed E-state index contributed by atoms with van der Waals surface area (Å²) in [5.41, 5.74) is -2.72. The minimum Gasteiger partial charge on any atom is -0.499 e. The second-order valence-corrected chi connectivity index (χ2v) is 14.6. The highest BCUT2D eigenvalue weighted by Crippen LogP contribution is 2.66. The molecule has 7 heteroatoms. The van der Waals surface area contributed by atoms with Gasteiger partial charge in [-0.15, -0.1) is 0 Å². The first-order valence-corrected chi connectivity index (χ1v) is 15.8. The summed E-state index contributed by atoms with van der Waals surface area (Å²) in [7, 11) is -2.69. The van der Waals surface area contributed by atoms with E-state index in [1.165, 1.54) is 7.11 Å². The molecule has 0 amide bonds. The zero-order valence-electron chi connectivity index (χ0n) is 25.5. The van der Waals surface area contributed by atoms with E-state index in [1.54, 1.807) is 80.6 Å². The molecule has 0 aromatic heterocycles. The third-order valence-corrected chi connectivity index (χ3v) is 11.6. The topological polar surface area (TPSA) is 94.6 Å². The van der Waals surface area contributed by atoms with E-state index in [9.17, 15) is 18.0 Å². The van der Waals surface area contributed by atoms with Crippen LogP contribution in [0.3, 0.4) is 0 Å². The molecule has 2 aromatic rings. The molecule has 0 spiro atoms. The summed E-state index contributed by atoms with van der Waals surface area (Å²) in [6, 6.07) is 16.6. The molecule has 2 aliphatic rings. The van der Waals surface area contributed by atoms with Crippen molar-refractivity contribution >= 4 is 27.2 Å². The van der Waals surface area contributed by atoms with Crippen molar-refractivity contribution in [2.75, 3.05) is 7.11 Å². The van der Waals surface area contributed by atoms with Gasteiger partial charge in [0.05, 0.1) is 28.1 Å². The number of sulfone groups is 1. The van der Waals surface area contributed by atoms with E-state index in [1.807, 2.05) is 33.8 Å². The summed E-state index contributed by atoms with van der Waals surface area (Å²) in [6.07, 6.45) is 3.51. The predicted octanol–water partition coefficient (Wildman–Crippen LogP) is 6.88. The second kappa shape index (κ2) is 11.3. The summed E-state index contributed by atoms with van der Waals surface area (Å²) in [5.74, 6) is -1.64. The Balaban J connectivity index is 2.16. The minimum atomic E-state index is -4.04. The molecule has 3 atom stereocenters. The Morgan fingerprint density at radius 1 is 0.881 bits per heavy atom. The zero-order chi connectivity index (χ0) is 31.1. The van der Waals surface area contributed by atoms with E-state index in [0.717, 1.165) is 11.1 Å². The van der Waals surface area contributed by atoms with Crippen LogP contribution in [0.5, 0.6) is 0 Å². The Hall–Kier alpha value is -3.58. The molecule has 42 heavy (non-hydrogen) atoms. The molecule has 0 aliphatic heterocycles. The van der Waals surface area contributed by atoms with Crippen molar-refractivity contribution in [2.45, 2.75) is 71.0 Å². The Morgan fingerprint density at radius 2 is 1.40 bits per heavy atom. The average Bonchev–Trinajstić information content (AvgIpc) is 2.95. The van der Waals surface area contributed by atoms with Gasteiger partial charge in [-0.3, -0.25) is 14.4 Å². The van der Waals surface area contributed by atoms with Gasteiger partial charge < -0.3 is 4.74 Å². The monoisotopic (exact) mass is 588 g/mol. The van der Waals surface area contributed by atoms with Crippen LogP contribution < -0.4 is 0 Å².